The summed E-state index contributed by atoms with van der Waals surface area (Å²) >= 11 is 0. The van der Waals surface area contributed by atoms with Crippen LogP contribution in [0.5, 0.6) is 0 Å². The average molecular weight is 461 g/mol. The van der Waals surface area contributed by atoms with E-state index in [1.165, 1.54) is 12.4 Å². The van der Waals surface area contributed by atoms with Crippen molar-refractivity contribution in [2.45, 2.75) is 49.5 Å². The van der Waals surface area contributed by atoms with Crippen molar-refractivity contribution in [3.63, 3.8) is 0 Å². The van der Waals surface area contributed by atoms with Crippen LogP contribution in [-0.4, -0.2) is 34.4 Å². The maximum atomic E-state index is 13.1. The molecule has 0 saturated heterocycles. The summed E-state index contributed by atoms with van der Waals surface area (Å²) in [4.78, 5) is 25.7. The third-order valence-electron chi connectivity index (χ3n) is 5.78. The van der Waals surface area contributed by atoms with Crippen molar-refractivity contribution in [1.29, 1.82) is 5.26 Å². The summed E-state index contributed by atoms with van der Waals surface area (Å²) in [5.41, 5.74) is 3.69. The Kier molecular flexibility index (Phi) is 6.61. The zero-order valence-electron chi connectivity index (χ0n) is 18.3. The predicted octanol–water partition coefficient (Wildman–Crippen LogP) is 3.79. The van der Waals surface area contributed by atoms with Crippen LogP contribution >= 0.6 is 0 Å². The molecule has 1 fully saturated rings. The Balaban J connectivity index is 1.47. The van der Waals surface area contributed by atoms with Crippen LogP contribution in [0, 0.1) is 11.3 Å². The van der Waals surface area contributed by atoms with Gasteiger partial charge in [-0.15, -0.1) is 0 Å². The normalized spacial score (nSPS) is 14.4. The minimum absolute atomic E-state index is 0.0214. The molecule has 1 atom stereocenters. The van der Waals surface area contributed by atoms with Gasteiger partial charge in [-0.3, -0.25) is 9.78 Å². The molecule has 0 amide bonds. The van der Waals surface area contributed by atoms with Crippen molar-refractivity contribution >= 4 is 15.6 Å². The average Bonchev–Trinajstić information content (AvgIpc) is 3.66. The highest BCUT2D eigenvalue weighted by Crippen LogP contribution is 2.30. The van der Waals surface area contributed by atoms with Gasteiger partial charge in [0, 0.05) is 30.6 Å². The lowest BCUT2D eigenvalue weighted by atomic mass is 9.92. The number of hydrogen-bond acceptors (Lipinski definition) is 7. The molecule has 4 rings (SSSR count). The molecule has 8 heteroatoms. The number of carbonyl (C=O) groups is 1. The Bertz CT molecular complexity index is 1310. The highest BCUT2D eigenvalue weighted by atomic mass is 32.2. The predicted molar refractivity (Wildman–Crippen MR) is 124 cm³/mol. The van der Waals surface area contributed by atoms with E-state index in [0.29, 0.717) is 30.5 Å². The maximum absolute atomic E-state index is 13.1. The molecule has 7 nitrogen and oxygen atoms in total. The van der Waals surface area contributed by atoms with Crippen molar-refractivity contribution in [2.24, 2.45) is 0 Å². The molecule has 1 unspecified atom stereocenters. The van der Waals surface area contributed by atoms with Gasteiger partial charge in [0.1, 0.15) is 23.4 Å². The molecular weight excluding hydrogens is 436 g/mol. The van der Waals surface area contributed by atoms with Crippen LogP contribution in [0.25, 0.3) is 11.1 Å². The van der Waals surface area contributed by atoms with Gasteiger partial charge in [0.2, 0.25) is 0 Å². The minimum Gasteiger partial charge on any atom is -0.299 e. The zero-order valence-corrected chi connectivity index (χ0v) is 19.1. The largest absolute Gasteiger partial charge is 0.299 e. The second kappa shape index (κ2) is 9.59. The SMILES string of the molecule is CCC(C(=O)Cc1ccc(-c2cncc(C#N)c2)cc1)c1ccnc(CS(=O)(=O)C2CC2)n1. The van der Waals surface area contributed by atoms with E-state index in [4.69, 9.17) is 5.26 Å². The number of sulfone groups is 1. The van der Waals surface area contributed by atoms with Crippen LogP contribution in [0.4, 0.5) is 0 Å². The Morgan fingerprint density at radius 1 is 1.15 bits per heavy atom. The molecule has 1 aliphatic carbocycles. The summed E-state index contributed by atoms with van der Waals surface area (Å²) in [5, 5.41) is 8.79. The summed E-state index contributed by atoms with van der Waals surface area (Å²) in [6.07, 6.45) is 6.97. The minimum atomic E-state index is -3.22. The fourth-order valence-electron chi connectivity index (χ4n) is 3.80. The molecule has 0 N–H and O–H groups in total. The standard InChI is InChI=1S/C25H24N4O3S/c1-2-22(23-9-10-28-25(29-23)16-33(31,32)21-7-8-21)24(30)12-17-3-5-19(6-4-17)20-11-18(13-26)14-27-15-20/h3-6,9-11,14-15,21-22H,2,7-8,12,16H2,1H3. The van der Waals surface area contributed by atoms with Gasteiger partial charge in [-0.05, 0) is 42.5 Å². The Morgan fingerprint density at radius 2 is 1.91 bits per heavy atom. The first-order valence-electron chi connectivity index (χ1n) is 10.9. The van der Waals surface area contributed by atoms with Crippen molar-refractivity contribution in [2.75, 3.05) is 0 Å². The van der Waals surface area contributed by atoms with E-state index in [1.807, 2.05) is 31.2 Å². The second-order valence-corrected chi connectivity index (χ2v) is 10.6. The molecule has 3 aromatic rings. The van der Waals surface area contributed by atoms with Gasteiger partial charge in [0.25, 0.3) is 0 Å². The number of Topliss-reactive ketones (excluding diaryl/α,β-unsaturated/α-hetero) is 1. The fraction of sp³-hybridized carbons (Fsp3) is 0.320. The first kappa shape index (κ1) is 22.7. The molecule has 33 heavy (non-hydrogen) atoms. The van der Waals surface area contributed by atoms with Crippen LogP contribution in [0.1, 0.15) is 54.7 Å². The number of pyridine rings is 1. The molecular formula is C25H24N4O3S. The number of benzene rings is 1. The Morgan fingerprint density at radius 3 is 2.58 bits per heavy atom. The van der Waals surface area contributed by atoms with Crippen LogP contribution in [0.3, 0.4) is 0 Å². The number of nitrogens with zero attached hydrogens (tertiary/aromatic N) is 4. The van der Waals surface area contributed by atoms with Crippen LogP contribution in [-0.2, 0) is 26.8 Å². The topological polar surface area (TPSA) is 114 Å². The lowest BCUT2D eigenvalue weighted by Gasteiger charge is -2.14. The van der Waals surface area contributed by atoms with Crippen molar-refractivity contribution in [3.8, 4) is 17.2 Å². The third kappa shape index (κ3) is 5.49. The monoisotopic (exact) mass is 460 g/mol. The zero-order chi connectivity index (χ0) is 23.4. The maximum Gasteiger partial charge on any atom is 0.160 e. The van der Waals surface area contributed by atoms with E-state index >= 15 is 0 Å². The second-order valence-electron chi connectivity index (χ2n) is 8.28. The van der Waals surface area contributed by atoms with E-state index in [0.717, 1.165) is 16.7 Å². The van der Waals surface area contributed by atoms with E-state index in [1.54, 1.807) is 18.3 Å². The van der Waals surface area contributed by atoms with Gasteiger partial charge in [0.05, 0.1) is 22.4 Å². The Labute approximate surface area is 193 Å². The Hall–Kier alpha value is -3.44. The van der Waals surface area contributed by atoms with Gasteiger partial charge >= 0.3 is 0 Å². The van der Waals surface area contributed by atoms with Gasteiger partial charge in [-0.25, -0.2) is 18.4 Å². The van der Waals surface area contributed by atoms with E-state index in [-0.39, 0.29) is 29.0 Å². The van der Waals surface area contributed by atoms with Gasteiger partial charge in [-0.1, -0.05) is 31.2 Å². The summed E-state index contributed by atoms with van der Waals surface area (Å²) in [5.74, 6) is -0.331. The highest BCUT2D eigenvalue weighted by molar-refractivity contribution is 7.91. The van der Waals surface area contributed by atoms with Crippen molar-refractivity contribution in [1.82, 2.24) is 15.0 Å². The third-order valence-corrected chi connectivity index (χ3v) is 7.92. The van der Waals surface area contributed by atoms with Gasteiger partial charge in [0.15, 0.2) is 9.84 Å². The van der Waals surface area contributed by atoms with Crippen LogP contribution in [0.15, 0.2) is 55.0 Å². The molecule has 0 spiro atoms. The number of rotatable bonds is 9. The van der Waals surface area contributed by atoms with Gasteiger partial charge in [-0.2, -0.15) is 5.26 Å². The van der Waals surface area contributed by atoms with Crippen molar-refractivity contribution in [3.05, 3.63) is 77.6 Å². The van der Waals surface area contributed by atoms with Crippen molar-refractivity contribution < 1.29 is 13.2 Å². The number of ketones is 1. The molecule has 1 aliphatic rings. The number of hydrogen-bond donors (Lipinski definition) is 0. The fourth-order valence-corrected chi connectivity index (χ4v) is 5.39. The summed E-state index contributed by atoms with van der Waals surface area (Å²) in [6.45, 7) is 1.92. The highest BCUT2D eigenvalue weighted by Gasteiger charge is 2.36. The quantitative estimate of drug-likeness (QED) is 0.477. The summed E-state index contributed by atoms with van der Waals surface area (Å²) < 4.78 is 24.6. The first-order chi connectivity index (χ1) is 15.9. The molecule has 2 aromatic heterocycles. The molecule has 168 valence electrons. The first-order valence-corrected chi connectivity index (χ1v) is 12.6. The summed E-state index contributed by atoms with van der Waals surface area (Å²) in [7, 11) is -3.22. The number of aromatic nitrogens is 3. The van der Waals surface area contributed by atoms with Crippen LogP contribution in [0.2, 0.25) is 0 Å². The summed E-state index contributed by atoms with van der Waals surface area (Å²) in [6, 6.07) is 13.2. The van der Waals surface area contributed by atoms with E-state index in [9.17, 15) is 13.2 Å². The molecule has 2 heterocycles. The number of carbonyl (C=O) groups excluding carboxylic acids is 1. The molecule has 0 aliphatic heterocycles. The van der Waals surface area contributed by atoms with E-state index in [2.05, 4.69) is 21.0 Å². The van der Waals surface area contributed by atoms with Crippen LogP contribution < -0.4 is 0 Å². The molecule has 1 saturated carbocycles. The van der Waals surface area contributed by atoms with Gasteiger partial charge < -0.3 is 0 Å². The molecule has 0 radical (unpaired) electrons. The van der Waals surface area contributed by atoms with E-state index < -0.39 is 15.8 Å². The lowest BCUT2D eigenvalue weighted by molar-refractivity contribution is -0.120. The lowest BCUT2D eigenvalue weighted by Crippen LogP contribution is -2.18. The molecule has 1 aromatic carbocycles. The smallest absolute Gasteiger partial charge is 0.160 e. The number of nitriles is 1. The molecule has 0 bridgehead atoms.